The Morgan fingerprint density at radius 1 is 1.19 bits per heavy atom. The first kappa shape index (κ1) is 14.7. The molecule has 1 heterocycles. The maximum atomic E-state index is 5.78. The van der Waals surface area contributed by atoms with Crippen molar-refractivity contribution in [3.8, 4) is 11.5 Å². The van der Waals surface area contributed by atoms with Crippen molar-refractivity contribution in [3.05, 3.63) is 23.8 Å². The molecule has 21 heavy (non-hydrogen) atoms. The average molecular weight is 289 g/mol. The molecule has 1 fully saturated rings. The maximum absolute atomic E-state index is 5.78. The van der Waals surface area contributed by atoms with Crippen LogP contribution in [-0.2, 0) is 0 Å². The molecule has 0 amide bonds. The van der Waals surface area contributed by atoms with Crippen LogP contribution in [0, 0.1) is 5.92 Å². The molecule has 1 N–H and O–H groups in total. The summed E-state index contributed by atoms with van der Waals surface area (Å²) >= 11 is 0. The van der Waals surface area contributed by atoms with Crippen LogP contribution < -0.4 is 14.8 Å². The number of methoxy groups -OCH3 is 1. The Labute approximate surface area is 128 Å². The van der Waals surface area contributed by atoms with Crippen molar-refractivity contribution in [2.75, 3.05) is 13.7 Å². The second kappa shape index (κ2) is 6.69. The highest BCUT2D eigenvalue weighted by molar-refractivity contribution is 5.43. The lowest BCUT2D eigenvalue weighted by Crippen LogP contribution is -2.39. The zero-order chi connectivity index (χ0) is 14.7. The molecule has 0 radical (unpaired) electrons. The second-order valence-corrected chi connectivity index (χ2v) is 6.45. The summed E-state index contributed by atoms with van der Waals surface area (Å²) in [5.74, 6) is 2.75. The molecule has 3 heteroatoms. The Morgan fingerprint density at radius 3 is 2.76 bits per heavy atom. The Balaban J connectivity index is 1.71. The normalized spacial score (nSPS) is 24.0. The van der Waals surface area contributed by atoms with Gasteiger partial charge in [0.15, 0.2) is 0 Å². The van der Waals surface area contributed by atoms with Gasteiger partial charge < -0.3 is 14.8 Å². The van der Waals surface area contributed by atoms with Gasteiger partial charge in [0, 0.05) is 24.1 Å². The van der Waals surface area contributed by atoms with E-state index >= 15 is 0 Å². The van der Waals surface area contributed by atoms with Gasteiger partial charge in [-0.05, 0) is 43.9 Å². The molecule has 0 aromatic heterocycles. The standard InChI is InChI=1S/C18H27NO2/c1-13(14-6-4-3-5-7-14)19-17-10-11-21-18-9-8-15(20-2)12-16(17)18/h8-9,12-14,17,19H,3-7,10-11H2,1-2H3/t13-,17?/m1/s1. The van der Waals surface area contributed by atoms with E-state index in [2.05, 4.69) is 18.3 Å². The van der Waals surface area contributed by atoms with E-state index in [0.717, 1.165) is 30.4 Å². The molecule has 2 aliphatic rings. The van der Waals surface area contributed by atoms with E-state index < -0.39 is 0 Å². The Bertz CT molecular complexity index is 468. The number of rotatable bonds is 4. The Morgan fingerprint density at radius 2 is 2.00 bits per heavy atom. The number of ether oxygens (including phenoxy) is 2. The van der Waals surface area contributed by atoms with Gasteiger partial charge in [0.1, 0.15) is 11.5 Å². The van der Waals surface area contributed by atoms with Crippen molar-refractivity contribution in [1.82, 2.24) is 5.32 Å². The van der Waals surface area contributed by atoms with Crippen molar-refractivity contribution in [3.63, 3.8) is 0 Å². The minimum Gasteiger partial charge on any atom is -0.497 e. The summed E-state index contributed by atoms with van der Waals surface area (Å²) in [5, 5.41) is 3.86. The molecule has 0 spiro atoms. The van der Waals surface area contributed by atoms with Crippen LogP contribution in [0.15, 0.2) is 18.2 Å². The lowest BCUT2D eigenvalue weighted by atomic mass is 9.84. The first-order chi connectivity index (χ1) is 10.3. The van der Waals surface area contributed by atoms with Gasteiger partial charge in [0.2, 0.25) is 0 Å². The topological polar surface area (TPSA) is 30.5 Å². The summed E-state index contributed by atoms with van der Waals surface area (Å²) in [4.78, 5) is 0. The average Bonchev–Trinajstić information content (AvgIpc) is 2.55. The van der Waals surface area contributed by atoms with E-state index in [-0.39, 0.29) is 0 Å². The van der Waals surface area contributed by atoms with Gasteiger partial charge in [-0.3, -0.25) is 0 Å². The van der Waals surface area contributed by atoms with Crippen LogP contribution in [0.3, 0.4) is 0 Å². The van der Waals surface area contributed by atoms with Gasteiger partial charge in [0.25, 0.3) is 0 Å². The fourth-order valence-corrected chi connectivity index (χ4v) is 3.76. The van der Waals surface area contributed by atoms with Crippen molar-refractivity contribution >= 4 is 0 Å². The molecule has 1 aliphatic carbocycles. The van der Waals surface area contributed by atoms with E-state index in [0.29, 0.717) is 12.1 Å². The SMILES string of the molecule is COc1ccc2c(c1)C(N[C@H](C)C1CCCCC1)CCO2. The number of fused-ring (bicyclic) bond motifs is 1. The number of benzene rings is 1. The summed E-state index contributed by atoms with van der Waals surface area (Å²) < 4.78 is 11.2. The Kier molecular flexibility index (Phi) is 4.69. The molecule has 1 unspecified atom stereocenters. The van der Waals surface area contributed by atoms with Crippen LogP contribution in [0.5, 0.6) is 11.5 Å². The number of hydrogen-bond acceptors (Lipinski definition) is 3. The van der Waals surface area contributed by atoms with Crippen molar-refractivity contribution < 1.29 is 9.47 Å². The van der Waals surface area contributed by atoms with Gasteiger partial charge >= 0.3 is 0 Å². The minimum atomic E-state index is 0.390. The van der Waals surface area contributed by atoms with Crippen LogP contribution in [0.25, 0.3) is 0 Å². The molecule has 2 atom stereocenters. The van der Waals surface area contributed by atoms with Crippen molar-refractivity contribution in [2.45, 2.75) is 57.5 Å². The molecule has 0 bridgehead atoms. The summed E-state index contributed by atoms with van der Waals surface area (Å²) in [6, 6.07) is 7.10. The van der Waals surface area contributed by atoms with E-state index in [1.54, 1.807) is 7.11 Å². The van der Waals surface area contributed by atoms with E-state index in [4.69, 9.17) is 9.47 Å². The lowest BCUT2D eigenvalue weighted by molar-refractivity contribution is 0.215. The third-order valence-corrected chi connectivity index (χ3v) is 5.08. The third kappa shape index (κ3) is 3.34. The fourth-order valence-electron chi connectivity index (χ4n) is 3.76. The summed E-state index contributed by atoms with van der Waals surface area (Å²) in [6.45, 7) is 3.15. The van der Waals surface area contributed by atoms with Gasteiger partial charge in [-0.15, -0.1) is 0 Å². The minimum absolute atomic E-state index is 0.390. The molecule has 3 nitrogen and oxygen atoms in total. The van der Waals surface area contributed by atoms with Crippen molar-refractivity contribution in [2.24, 2.45) is 5.92 Å². The highest BCUT2D eigenvalue weighted by Crippen LogP contribution is 2.36. The number of nitrogens with one attached hydrogen (secondary N) is 1. The van der Waals surface area contributed by atoms with Gasteiger partial charge in [0.05, 0.1) is 13.7 Å². The molecule has 1 aromatic carbocycles. The zero-order valence-corrected chi connectivity index (χ0v) is 13.2. The van der Waals surface area contributed by atoms with Gasteiger partial charge in [-0.2, -0.15) is 0 Å². The molecule has 116 valence electrons. The predicted molar refractivity (Wildman–Crippen MR) is 85.0 cm³/mol. The highest BCUT2D eigenvalue weighted by Gasteiger charge is 2.27. The fraction of sp³-hybridized carbons (Fsp3) is 0.667. The molecular formula is C18H27NO2. The zero-order valence-electron chi connectivity index (χ0n) is 13.2. The second-order valence-electron chi connectivity index (χ2n) is 6.45. The van der Waals surface area contributed by atoms with Crippen LogP contribution in [0.2, 0.25) is 0 Å². The van der Waals surface area contributed by atoms with Crippen LogP contribution in [-0.4, -0.2) is 19.8 Å². The summed E-state index contributed by atoms with van der Waals surface area (Å²) in [7, 11) is 1.72. The van der Waals surface area contributed by atoms with E-state index in [1.807, 2.05) is 12.1 Å². The van der Waals surface area contributed by atoms with Crippen LogP contribution >= 0.6 is 0 Å². The van der Waals surface area contributed by atoms with Crippen LogP contribution in [0.1, 0.15) is 57.1 Å². The smallest absolute Gasteiger partial charge is 0.124 e. The van der Waals surface area contributed by atoms with Gasteiger partial charge in [-0.1, -0.05) is 19.3 Å². The molecule has 0 saturated heterocycles. The van der Waals surface area contributed by atoms with E-state index in [1.165, 1.54) is 37.7 Å². The first-order valence-electron chi connectivity index (χ1n) is 8.34. The summed E-state index contributed by atoms with van der Waals surface area (Å²) in [5.41, 5.74) is 1.25. The largest absolute Gasteiger partial charge is 0.497 e. The Hall–Kier alpha value is -1.22. The van der Waals surface area contributed by atoms with Crippen LogP contribution in [0.4, 0.5) is 0 Å². The third-order valence-electron chi connectivity index (χ3n) is 5.08. The number of hydrogen-bond donors (Lipinski definition) is 1. The molecule has 1 aliphatic heterocycles. The monoisotopic (exact) mass is 289 g/mol. The van der Waals surface area contributed by atoms with Crippen molar-refractivity contribution in [1.29, 1.82) is 0 Å². The maximum Gasteiger partial charge on any atom is 0.124 e. The predicted octanol–water partition coefficient (Wildman–Crippen LogP) is 4.08. The molecular weight excluding hydrogens is 262 g/mol. The highest BCUT2D eigenvalue weighted by atomic mass is 16.5. The quantitative estimate of drug-likeness (QED) is 0.906. The van der Waals surface area contributed by atoms with Gasteiger partial charge in [-0.25, -0.2) is 0 Å². The molecule has 3 rings (SSSR count). The lowest BCUT2D eigenvalue weighted by Gasteiger charge is -2.34. The first-order valence-corrected chi connectivity index (χ1v) is 8.34. The van der Waals surface area contributed by atoms with E-state index in [9.17, 15) is 0 Å². The molecule has 1 aromatic rings. The summed E-state index contributed by atoms with van der Waals surface area (Å²) in [6.07, 6.45) is 8.01. The molecule has 1 saturated carbocycles.